The molecule has 5 N–H and O–H groups in total. The number of hydrogen-bond acceptors (Lipinski definition) is 7. The van der Waals surface area contributed by atoms with Crippen LogP contribution in [-0.4, -0.2) is 56.5 Å². The maximum atomic E-state index is 10.9. The van der Waals surface area contributed by atoms with Gasteiger partial charge in [-0.15, -0.1) is 0 Å². The monoisotopic (exact) mass is 244 g/mol. The third-order valence-corrected chi connectivity index (χ3v) is 2.49. The molecular weight excluding hydrogens is 232 g/mol. The van der Waals surface area contributed by atoms with E-state index in [1.54, 1.807) is 0 Å². The average Bonchev–Trinajstić information content (AvgIpc) is 2.57. The predicted octanol–water partition coefficient (Wildman–Crippen LogP) is -2.31. The van der Waals surface area contributed by atoms with Gasteiger partial charge in [0.25, 0.3) is 0 Å². The molecular formula is C9H12N2O6. The van der Waals surface area contributed by atoms with E-state index in [0.717, 1.165) is 11.0 Å². The lowest BCUT2D eigenvalue weighted by atomic mass is 10.2. The highest BCUT2D eigenvalue weighted by atomic mass is 16.6. The summed E-state index contributed by atoms with van der Waals surface area (Å²) in [6, 6.07) is 0. The second-order valence-corrected chi connectivity index (χ2v) is 3.56. The van der Waals surface area contributed by atoms with Crippen molar-refractivity contribution in [2.24, 2.45) is 0 Å². The molecule has 8 nitrogen and oxygen atoms in total. The zero-order valence-corrected chi connectivity index (χ0v) is 8.65. The number of ether oxygens (including phenoxy) is 1. The van der Waals surface area contributed by atoms with Crippen molar-refractivity contribution in [1.29, 1.82) is 0 Å². The average molecular weight is 244 g/mol. The zero-order chi connectivity index (χ0) is 12.6. The van der Waals surface area contributed by atoms with Crippen molar-refractivity contribution in [2.75, 3.05) is 6.61 Å². The largest absolute Gasteiger partial charge is 0.506 e. The quantitative estimate of drug-likeness (QED) is 0.370. The molecule has 0 spiro atoms. The van der Waals surface area contributed by atoms with Crippen LogP contribution in [0.5, 0.6) is 0 Å². The third-order valence-electron chi connectivity index (χ3n) is 2.49. The van der Waals surface area contributed by atoms with Gasteiger partial charge < -0.3 is 30.5 Å². The SMILES string of the molecule is O=C1C=CN([C@@H]2OC(CO)=C(O)C2O)C(O)N1. The molecule has 0 aromatic carbocycles. The Hall–Kier alpha value is -1.77. The zero-order valence-electron chi connectivity index (χ0n) is 8.65. The molecule has 8 heteroatoms. The Kier molecular flexibility index (Phi) is 2.92. The summed E-state index contributed by atoms with van der Waals surface area (Å²) in [7, 11) is 0. The Morgan fingerprint density at radius 2 is 2.18 bits per heavy atom. The lowest BCUT2D eigenvalue weighted by Gasteiger charge is -2.35. The summed E-state index contributed by atoms with van der Waals surface area (Å²) in [4.78, 5) is 12.0. The van der Waals surface area contributed by atoms with Crippen molar-refractivity contribution in [2.45, 2.75) is 18.7 Å². The van der Waals surface area contributed by atoms with Crippen LogP contribution in [0.4, 0.5) is 0 Å². The van der Waals surface area contributed by atoms with Crippen molar-refractivity contribution in [3.63, 3.8) is 0 Å². The molecule has 1 amide bonds. The lowest BCUT2D eigenvalue weighted by molar-refractivity contribution is -0.144. The maximum absolute atomic E-state index is 10.9. The topological polar surface area (TPSA) is 122 Å². The van der Waals surface area contributed by atoms with Gasteiger partial charge in [-0.3, -0.25) is 9.69 Å². The second kappa shape index (κ2) is 4.24. The van der Waals surface area contributed by atoms with Crippen LogP contribution in [0.15, 0.2) is 23.8 Å². The molecule has 2 aliphatic rings. The minimum atomic E-state index is -1.41. The van der Waals surface area contributed by atoms with Crippen LogP contribution in [0.2, 0.25) is 0 Å². The number of amides is 1. The number of rotatable bonds is 2. The first-order valence-corrected chi connectivity index (χ1v) is 4.86. The minimum Gasteiger partial charge on any atom is -0.506 e. The Morgan fingerprint density at radius 1 is 1.47 bits per heavy atom. The Labute approximate surface area is 96.0 Å². The van der Waals surface area contributed by atoms with Gasteiger partial charge in [-0.2, -0.15) is 0 Å². The van der Waals surface area contributed by atoms with Gasteiger partial charge in [0.15, 0.2) is 17.6 Å². The van der Waals surface area contributed by atoms with E-state index in [4.69, 9.17) is 9.84 Å². The van der Waals surface area contributed by atoms with Gasteiger partial charge in [0.2, 0.25) is 18.5 Å². The van der Waals surface area contributed by atoms with Crippen LogP contribution in [0, 0.1) is 0 Å². The first-order valence-electron chi connectivity index (χ1n) is 4.86. The Balaban J connectivity index is 2.16. The summed E-state index contributed by atoms with van der Waals surface area (Å²) in [5, 5.41) is 39.7. The number of nitrogens with one attached hydrogen (secondary N) is 1. The van der Waals surface area contributed by atoms with E-state index >= 15 is 0 Å². The standard InChI is InChI=1S/C9H12N2O6/c12-3-4-6(14)7(15)8(17-4)11-2-1-5(13)10-9(11)16/h1-2,7-9,12,14-16H,3H2,(H,10,13)/t7?,8-,9?/m1/s1. The van der Waals surface area contributed by atoms with Gasteiger partial charge in [-0.25, -0.2) is 0 Å². The van der Waals surface area contributed by atoms with Crippen LogP contribution >= 0.6 is 0 Å². The van der Waals surface area contributed by atoms with E-state index in [1.165, 1.54) is 6.20 Å². The smallest absolute Gasteiger partial charge is 0.248 e. The van der Waals surface area contributed by atoms with Gasteiger partial charge in [-0.1, -0.05) is 0 Å². The normalized spacial score (nSPS) is 32.8. The molecule has 0 aromatic heterocycles. The molecule has 0 bridgehead atoms. The van der Waals surface area contributed by atoms with Gasteiger partial charge >= 0.3 is 0 Å². The number of hydrogen-bond donors (Lipinski definition) is 5. The van der Waals surface area contributed by atoms with E-state index in [2.05, 4.69) is 5.32 Å². The fourth-order valence-electron chi connectivity index (χ4n) is 1.62. The maximum Gasteiger partial charge on any atom is 0.248 e. The molecule has 3 atom stereocenters. The van der Waals surface area contributed by atoms with Gasteiger partial charge in [0, 0.05) is 12.3 Å². The van der Waals surface area contributed by atoms with E-state index < -0.39 is 37.0 Å². The van der Waals surface area contributed by atoms with Crippen LogP contribution in [-0.2, 0) is 9.53 Å². The van der Waals surface area contributed by atoms with Gasteiger partial charge in [-0.05, 0) is 0 Å². The highest BCUT2D eigenvalue weighted by molar-refractivity contribution is 5.88. The van der Waals surface area contributed by atoms with Crippen molar-refractivity contribution < 1.29 is 30.0 Å². The van der Waals surface area contributed by atoms with E-state index in [9.17, 15) is 20.1 Å². The summed E-state index contributed by atoms with van der Waals surface area (Å²) in [6.07, 6.45) is -1.53. The lowest BCUT2D eigenvalue weighted by Crippen LogP contribution is -2.55. The minimum absolute atomic E-state index is 0.167. The molecule has 2 aliphatic heterocycles. The molecule has 0 radical (unpaired) electrons. The van der Waals surface area contributed by atoms with Gasteiger partial charge in [0.05, 0.1) is 0 Å². The molecule has 0 saturated heterocycles. The Bertz CT molecular complexity index is 393. The highest BCUT2D eigenvalue weighted by Crippen LogP contribution is 2.27. The van der Waals surface area contributed by atoms with Crippen molar-refractivity contribution >= 4 is 5.91 Å². The van der Waals surface area contributed by atoms with E-state index in [1.807, 2.05) is 0 Å². The van der Waals surface area contributed by atoms with Crippen LogP contribution in [0.3, 0.4) is 0 Å². The number of nitrogens with zero attached hydrogens (tertiary/aromatic N) is 1. The molecule has 17 heavy (non-hydrogen) atoms. The van der Waals surface area contributed by atoms with Crippen LogP contribution < -0.4 is 5.32 Å². The van der Waals surface area contributed by atoms with E-state index in [-0.39, 0.29) is 5.76 Å². The van der Waals surface area contributed by atoms with Crippen LogP contribution in [0.1, 0.15) is 0 Å². The fraction of sp³-hybridized carbons (Fsp3) is 0.444. The fourth-order valence-corrected chi connectivity index (χ4v) is 1.62. The van der Waals surface area contributed by atoms with Crippen molar-refractivity contribution in [1.82, 2.24) is 10.2 Å². The molecule has 0 fully saturated rings. The summed E-state index contributed by atoms with van der Waals surface area (Å²) >= 11 is 0. The molecule has 2 rings (SSSR count). The Morgan fingerprint density at radius 3 is 2.71 bits per heavy atom. The number of aliphatic hydroxyl groups excluding tert-OH is 4. The summed E-state index contributed by atoms with van der Waals surface area (Å²) < 4.78 is 5.07. The summed E-state index contributed by atoms with van der Waals surface area (Å²) in [6.45, 7) is -0.570. The molecule has 0 aliphatic carbocycles. The molecule has 0 aromatic rings. The summed E-state index contributed by atoms with van der Waals surface area (Å²) in [5.74, 6) is -1.14. The predicted molar refractivity (Wildman–Crippen MR) is 52.7 cm³/mol. The third kappa shape index (κ3) is 1.93. The molecule has 94 valence electrons. The first-order chi connectivity index (χ1) is 8.04. The van der Waals surface area contributed by atoms with E-state index in [0.29, 0.717) is 0 Å². The number of aliphatic hydroxyl groups is 4. The van der Waals surface area contributed by atoms with Crippen LogP contribution in [0.25, 0.3) is 0 Å². The highest BCUT2D eigenvalue weighted by Gasteiger charge is 2.41. The van der Waals surface area contributed by atoms with Crippen molar-refractivity contribution in [3.05, 3.63) is 23.8 Å². The summed E-state index contributed by atoms with van der Waals surface area (Å²) in [5.41, 5.74) is 0. The second-order valence-electron chi connectivity index (χ2n) is 3.56. The molecule has 2 unspecified atom stereocenters. The molecule has 0 saturated carbocycles. The number of carbonyl (C=O) groups excluding carboxylic acids is 1. The van der Waals surface area contributed by atoms with Gasteiger partial charge in [0.1, 0.15) is 6.61 Å². The number of carbonyl (C=O) groups is 1. The molecule has 2 heterocycles. The first kappa shape index (κ1) is 11.7. The van der Waals surface area contributed by atoms with Crippen molar-refractivity contribution in [3.8, 4) is 0 Å².